The lowest BCUT2D eigenvalue weighted by Gasteiger charge is -2.26. The zero-order valence-corrected chi connectivity index (χ0v) is 19.9. The van der Waals surface area contributed by atoms with Gasteiger partial charge in [0.2, 0.25) is 0 Å². The molecule has 8 aromatic rings. The molecule has 174 valence electrons. The molecular weight excluding hydrogens is 454 g/mol. The number of furan rings is 2. The molecule has 0 N–H and O–H groups in total. The second-order valence-corrected chi connectivity index (χ2v) is 9.40. The Labute approximate surface area is 212 Å². The van der Waals surface area contributed by atoms with E-state index in [9.17, 15) is 0 Å². The predicted octanol–water partition coefficient (Wildman–Crippen LogP) is 10.1. The van der Waals surface area contributed by atoms with Crippen molar-refractivity contribution in [1.29, 1.82) is 0 Å². The van der Waals surface area contributed by atoms with Gasteiger partial charge in [-0.05, 0) is 65.4 Å². The molecular formula is C34H21NO2. The van der Waals surface area contributed by atoms with Gasteiger partial charge < -0.3 is 13.7 Å². The van der Waals surface area contributed by atoms with Gasteiger partial charge in [-0.25, -0.2) is 0 Å². The van der Waals surface area contributed by atoms with Gasteiger partial charge in [-0.2, -0.15) is 0 Å². The minimum atomic E-state index is 0.869. The molecule has 0 bridgehead atoms. The van der Waals surface area contributed by atoms with Crippen molar-refractivity contribution in [2.45, 2.75) is 0 Å². The minimum Gasteiger partial charge on any atom is -0.456 e. The van der Waals surface area contributed by atoms with Crippen LogP contribution in [-0.2, 0) is 0 Å². The fourth-order valence-electron chi connectivity index (χ4n) is 5.54. The minimum absolute atomic E-state index is 0.869. The monoisotopic (exact) mass is 475 g/mol. The third kappa shape index (κ3) is 3.08. The van der Waals surface area contributed by atoms with E-state index in [0.29, 0.717) is 0 Å². The summed E-state index contributed by atoms with van der Waals surface area (Å²) in [6, 6.07) is 44.2. The molecule has 2 aromatic heterocycles. The third-order valence-corrected chi connectivity index (χ3v) is 7.22. The first kappa shape index (κ1) is 20.2. The van der Waals surface area contributed by atoms with E-state index >= 15 is 0 Å². The number of fused-ring (bicyclic) bond motifs is 7. The maximum absolute atomic E-state index is 6.39. The topological polar surface area (TPSA) is 29.5 Å². The summed E-state index contributed by atoms with van der Waals surface area (Å²) < 4.78 is 12.6. The Bertz CT molecular complexity index is 2100. The normalized spacial score (nSPS) is 11.8. The third-order valence-electron chi connectivity index (χ3n) is 7.22. The van der Waals surface area contributed by atoms with Crippen molar-refractivity contribution in [1.82, 2.24) is 0 Å². The highest BCUT2D eigenvalue weighted by atomic mass is 16.3. The van der Waals surface area contributed by atoms with Gasteiger partial charge in [-0.3, -0.25) is 0 Å². The summed E-state index contributed by atoms with van der Waals surface area (Å²) in [5, 5.41) is 6.82. The summed E-state index contributed by atoms with van der Waals surface area (Å²) in [4.78, 5) is 2.29. The lowest BCUT2D eigenvalue weighted by molar-refractivity contribution is 0.669. The SMILES string of the molecule is c1ccc(N(c2ccc3c(c2)oc2ccccc23)c2cccc3oc4cc5ccccc5cc4c23)cc1. The Hall–Kier alpha value is -5.02. The fraction of sp³-hybridized carbons (Fsp3) is 0. The van der Waals surface area contributed by atoms with Crippen LogP contribution >= 0.6 is 0 Å². The van der Waals surface area contributed by atoms with Crippen LogP contribution in [-0.4, -0.2) is 0 Å². The fourth-order valence-corrected chi connectivity index (χ4v) is 5.54. The lowest BCUT2D eigenvalue weighted by atomic mass is 10.0. The van der Waals surface area contributed by atoms with Gasteiger partial charge in [0, 0.05) is 33.6 Å². The van der Waals surface area contributed by atoms with Crippen LogP contribution in [0.4, 0.5) is 17.1 Å². The van der Waals surface area contributed by atoms with Crippen LogP contribution in [0, 0.1) is 0 Å². The van der Waals surface area contributed by atoms with Crippen LogP contribution in [0.3, 0.4) is 0 Å². The summed E-state index contributed by atoms with van der Waals surface area (Å²) in [5.41, 5.74) is 6.69. The van der Waals surface area contributed by atoms with E-state index in [4.69, 9.17) is 8.83 Å². The number of hydrogen-bond acceptors (Lipinski definition) is 3. The van der Waals surface area contributed by atoms with Crippen molar-refractivity contribution in [2.75, 3.05) is 4.90 Å². The van der Waals surface area contributed by atoms with Gasteiger partial charge >= 0.3 is 0 Å². The molecule has 0 spiro atoms. The molecule has 0 saturated heterocycles. The molecule has 0 radical (unpaired) electrons. The molecule has 0 atom stereocenters. The molecule has 2 heterocycles. The number of rotatable bonds is 3. The lowest BCUT2D eigenvalue weighted by Crippen LogP contribution is -2.10. The molecule has 0 saturated carbocycles. The Morgan fingerprint density at radius 1 is 0.405 bits per heavy atom. The molecule has 37 heavy (non-hydrogen) atoms. The van der Waals surface area contributed by atoms with Crippen molar-refractivity contribution in [3.63, 3.8) is 0 Å². The second kappa shape index (κ2) is 7.74. The van der Waals surface area contributed by atoms with E-state index in [1.165, 1.54) is 10.8 Å². The highest BCUT2D eigenvalue weighted by molar-refractivity contribution is 6.16. The van der Waals surface area contributed by atoms with Gasteiger partial charge in [-0.1, -0.05) is 66.7 Å². The van der Waals surface area contributed by atoms with Gasteiger partial charge in [-0.15, -0.1) is 0 Å². The predicted molar refractivity (Wildman–Crippen MR) is 153 cm³/mol. The summed E-state index contributed by atoms with van der Waals surface area (Å²) in [7, 11) is 0. The Morgan fingerprint density at radius 3 is 1.97 bits per heavy atom. The molecule has 0 amide bonds. The van der Waals surface area contributed by atoms with E-state index in [1.54, 1.807) is 0 Å². The Kier molecular flexibility index (Phi) is 4.23. The molecule has 6 aromatic carbocycles. The number of anilines is 3. The van der Waals surface area contributed by atoms with Gasteiger partial charge in [0.15, 0.2) is 0 Å². The maximum atomic E-state index is 6.39. The quantitative estimate of drug-likeness (QED) is 0.255. The molecule has 0 fully saturated rings. The van der Waals surface area contributed by atoms with Crippen LogP contribution in [0.25, 0.3) is 54.6 Å². The first-order valence-corrected chi connectivity index (χ1v) is 12.4. The Balaban J connectivity index is 1.43. The number of benzene rings is 6. The summed E-state index contributed by atoms with van der Waals surface area (Å²) in [6.45, 7) is 0. The van der Waals surface area contributed by atoms with E-state index in [1.807, 2.05) is 18.2 Å². The van der Waals surface area contributed by atoms with E-state index in [0.717, 1.165) is 60.9 Å². The van der Waals surface area contributed by atoms with Gasteiger partial charge in [0.05, 0.1) is 11.1 Å². The number of nitrogens with zero attached hydrogens (tertiary/aromatic N) is 1. The van der Waals surface area contributed by atoms with Gasteiger partial charge in [0.25, 0.3) is 0 Å². The smallest absolute Gasteiger partial charge is 0.137 e. The van der Waals surface area contributed by atoms with E-state index < -0.39 is 0 Å². The first-order chi connectivity index (χ1) is 18.3. The molecule has 3 nitrogen and oxygen atoms in total. The second-order valence-electron chi connectivity index (χ2n) is 9.40. The summed E-state index contributed by atoms with van der Waals surface area (Å²) >= 11 is 0. The molecule has 8 rings (SSSR count). The van der Waals surface area contributed by atoms with E-state index in [-0.39, 0.29) is 0 Å². The van der Waals surface area contributed by atoms with Crippen molar-refractivity contribution in [2.24, 2.45) is 0 Å². The van der Waals surface area contributed by atoms with Crippen LogP contribution in [0.15, 0.2) is 136 Å². The molecule has 0 aliphatic carbocycles. The summed E-state index contributed by atoms with van der Waals surface area (Å²) in [5.74, 6) is 0. The first-order valence-electron chi connectivity index (χ1n) is 12.4. The molecule has 0 aliphatic heterocycles. The highest BCUT2D eigenvalue weighted by Crippen LogP contribution is 2.44. The zero-order valence-electron chi connectivity index (χ0n) is 19.9. The highest BCUT2D eigenvalue weighted by Gasteiger charge is 2.20. The van der Waals surface area contributed by atoms with Crippen molar-refractivity contribution < 1.29 is 8.83 Å². The van der Waals surface area contributed by atoms with Crippen LogP contribution in [0.2, 0.25) is 0 Å². The molecule has 3 heteroatoms. The largest absolute Gasteiger partial charge is 0.456 e. The van der Waals surface area contributed by atoms with Crippen molar-refractivity contribution in [3.8, 4) is 0 Å². The van der Waals surface area contributed by atoms with Gasteiger partial charge in [0.1, 0.15) is 22.3 Å². The standard InChI is InChI=1S/C34H21NO2/c1-2-11-24(12-3-1)35(25-17-18-27-26-13-6-7-15-30(26)36-33(27)21-25)29-14-8-16-31-34(29)28-19-22-9-4-5-10-23(22)20-32(28)37-31/h1-21H. The van der Waals surface area contributed by atoms with Crippen molar-refractivity contribution >= 4 is 71.7 Å². The zero-order chi connectivity index (χ0) is 24.3. The van der Waals surface area contributed by atoms with E-state index in [2.05, 4.69) is 114 Å². The maximum Gasteiger partial charge on any atom is 0.137 e. The van der Waals surface area contributed by atoms with Crippen LogP contribution in [0.1, 0.15) is 0 Å². The number of para-hydroxylation sites is 2. The number of hydrogen-bond donors (Lipinski definition) is 0. The average Bonchev–Trinajstić information content (AvgIpc) is 3.50. The van der Waals surface area contributed by atoms with Crippen molar-refractivity contribution in [3.05, 3.63) is 127 Å². The summed E-state index contributed by atoms with van der Waals surface area (Å²) in [6.07, 6.45) is 0. The molecule has 0 unspecified atom stereocenters. The molecule has 0 aliphatic rings. The van der Waals surface area contributed by atoms with Crippen LogP contribution < -0.4 is 4.90 Å². The van der Waals surface area contributed by atoms with Crippen LogP contribution in [0.5, 0.6) is 0 Å². The average molecular weight is 476 g/mol. The Morgan fingerprint density at radius 2 is 1.08 bits per heavy atom.